The Hall–Kier alpha value is -1.39. The third kappa shape index (κ3) is 2.71. The summed E-state index contributed by atoms with van der Waals surface area (Å²) in [7, 11) is 0. The molecule has 1 atom stereocenters. The van der Waals surface area contributed by atoms with Gasteiger partial charge in [0.25, 0.3) is 0 Å². The Morgan fingerprint density at radius 2 is 2.11 bits per heavy atom. The van der Waals surface area contributed by atoms with Crippen molar-refractivity contribution in [2.75, 3.05) is 5.32 Å². The van der Waals surface area contributed by atoms with Crippen LogP contribution < -0.4 is 11.1 Å². The summed E-state index contributed by atoms with van der Waals surface area (Å²) in [5.41, 5.74) is 8.87. The lowest BCUT2D eigenvalue weighted by atomic mass is 10.1. The lowest BCUT2D eigenvalue weighted by Gasteiger charge is -2.18. The van der Waals surface area contributed by atoms with Crippen LogP contribution in [0, 0.1) is 6.92 Å². The summed E-state index contributed by atoms with van der Waals surface area (Å²) in [5.74, 6) is 0. The lowest BCUT2D eigenvalue weighted by molar-refractivity contribution is 0.905. The van der Waals surface area contributed by atoms with Gasteiger partial charge < -0.3 is 11.1 Å². The van der Waals surface area contributed by atoms with Gasteiger partial charge in [0.05, 0.1) is 6.04 Å². The van der Waals surface area contributed by atoms with Crippen LogP contribution in [-0.2, 0) is 0 Å². The van der Waals surface area contributed by atoms with Gasteiger partial charge in [-0.3, -0.25) is 0 Å². The van der Waals surface area contributed by atoms with Crippen LogP contribution in [0.4, 0.5) is 5.69 Å². The van der Waals surface area contributed by atoms with Crippen molar-refractivity contribution >= 4 is 34.2 Å². The average Bonchev–Trinajstić information content (AvgIpc) is 2.85. The van der Waals surface area contributed by atoms with Gasteiger partial charge in [0.15, 0.2) is 0 Å². The van der Waals surface area contributed by atoms with Crippen molar-refractivity contribution in [3.8, 4) is 0 Å². The molecule has 4 heteroatoms. The standard InChI is InChI=1S/C14H16N2S2/c1-9-5-3-6-11(14(15)17)13(9)16-10(2)12-7-4-8-18-12/h3-8,10,16H,1-2H3,(H2,15,17). The average molecular weight is 276 g/mol. The van der Waals surface area contributed by atoms with Crippen LogP contribution in [0.25, 0.3) is 0 Å². The Morgan fingerprint density at radius 3 is 2.72 bits per heavy atom. The van der Waals surface area contributed by atoms with Gasteiger partial charge in [0, 0.05) is 16.1 Å². The number of para-hydroxylation sites is 1. The number of hydrogen-bond acceptors (Lipinski definition) is 3. The maximum atomic E-state index is 5.77. The summed E-state index contributed by atoms with van der Waals surface area (Å²) in [4.78, 5) is 1.73. The highest BCUT2D eigenvalue weighted by molar-refractivity contribution is 7.80. The zero-order valence-corrected chi connectivity index (χ0v) is 12.1. The third-order valence-corrected chi connectivity index (χ3v) is 4.14. The molecule has 0 aliphatic carbocycles. The molecule has 0 saturated carbocycles. The van der Waals surface area contributed by atoms with Gasteiger partial charge in [0.1, 0.15) is 4.99 Å². The van der Waals surface area contributed by atoms with E-state index in [1.165, 1.54) is 4.88 Å². The van der Waals surface area contributed by atoms with Crippen LogP contribution >= 0.6 is 23.6 Å². The fourth-order valence-corrected chi connectivity index (χ4v) is 2.79. The molecule has 0 fully saturated rings. The summed E-state index contributed by atoms with van der Waals surface area (Å²) in [6, 6.07) is 10.4. The van der Waals surface area contributed by atoms with E-state index < -0.39 is 0 Å². The first kappa shape index (κ1) is 13.1. The van der Waals surface area contributed by atoms with E-state index in [0.717, 1.165) is 16.8 Å². The predicted molar refractivity (Wildman–Crippen MR) is 83.4 cm³/mol. The summed E-state index contributed by atoms with van der Waals surface area (Å²) in [6.45, 7) is 4.20. The summed E-state index contributed by atoms with van der Waals surface area (Å²) in [5, 5.41) is 5.59. The van der Waals surface area contributed by atoms with Crippen molar-refractivity contribution in [2.24, 2.45) is 5.73 Å². The van der Waals surface area contributed by atoms with Crippen LogP contribution in [-0.4, -0.2) is 4.99 Å². The molecule has 2 aromatic rings. The molecule has 0 amide bonds. The molecule has 94 valence electrons. The van der Waals surface area contributed by atoms with Gasteiger partial charge in [0.2, 0.25) is 0 Å². The molecule has 0 aliphatic rings. The normalized spacial score (nSPS) is 12.1. The van der Waals surface area contributed by atoms with Crippen molar-refractivity contribution in [3.63, 3.8) is 0 Å². The number of aryl methyl sites for hydroxylation is 1. The lowest BCUT2D eigenvalue weighted by Crippen LogP contribution is -2.15. The Labute approximate surface area is 117 Å². The number of hydrogen-bond donors (Lipinski definition) is 2. The number of benzene rings is 1. The third-order valence-electron chi connectivity index (χ3n) is 2.87. The molecule has 2 rings (SSSR count). The molecule has 0 saturated heterocycles. The number of rotatable bonds is 4. The Bertz CT molecular complexity index is 547. The van der Waals surface area contributed by atoms with Gasteiger partial charge in [-0.05, 0) is 36.9 Å². The van der Waals surface area contributed by atoms with Gasteiger partial charge >= 0.3 is 0 Å². The van der Waals surface area contributed by atoms with Crippen molar-refractivity contribution in [1.82, 2.24) is 0 Å². The summed E-state index contributed by atoms with van der Waals surface area (Å²) >= 11 is 6.85. The maximum Gasteiger partial charge on any atom is 0.106 e. The Morgan fingerprint density at radius 1 is 1.33 bits per heavy atom. The van der Waals surface area contributed by atoms with E-state index >= 15 is 0 Å². The SMILES string of the molecule is Cc1cccc(C(N)=S)c1NC(C)c1cccs1. The first-order valence-corrected chi connectivity index (χ1v) is 7.07. The molecule has 0 bridgehead atoms. The maximum absolute atomic E-state index is 5.77. The smallest absolute Gasteiger partial charge is 0.106 e. The molecular weight excluding hydrogens is 260 g/mol. The molecule has 18 heavy (non-hydrogen) atoms. The quantitative estimate of drug-likeness (QED) is 0.833. The highest BCUT2D eigenvalue weighted by atomic mass is 32.1. The zero-order chi connectivity index (χ0) is 13.1. The van der Waals surface area contributed by atoms with Crippen LogP contribution in [0.1, 0.15) is 29.0 Å². The second-order valence-corrected chi connectivity index (χ2v) is 5.66. The largest absolute Gasteiger partial charge is 0.389 e. The molecule has 2 nitrogen and oxygen atoms in total. The van der Waals surface area contributed by atoms with Crippen molar-refractivity contribution in [2.45, 2.75) is 19.9 Å². The van der Waals surface area contributed by atoms with Gasteiger partial charge in [-0.25, -0.2) is 0 Å². The topological polar surface area (TPSA) is 38.0 Å². The number of nitrogens with two attached hydrogens (primary N) is 1. The first-order valence-electron chi connectivity index (χ1n) is 5.79. The molecule has 1 unspecified atom stereocenters. The number of nitrogens with one attached hydrogen (secondary N) is 1. The van der Waals surface area contributed by atoms with E-state index in [1.807, 2.05) is 12.1 Å². The molecule has 1 aromatic carbocycles. The van der Waals surface area contributed by atoms with E-state index in [0.29, 0.717) is 4.99 Å². The molecule has 0 aliphatic heterocycles. The fourth-order valence-electron chi connectivity index (χ4n) is 1.89. The van der Waals surface area contributed by atoms with E-state index in [9.17, 15) is 0 Å². The Kier molecular flexibility index (Phi) is 3.99. The molecule has 3 N–H and O–H groups in total. The second kappa shape index (κ2) is 5.50. The Balaban J connectivity index is 2.31. The summed E-state index contributed by atoms with van der Waals surface area (Å²) in [6.07, 6.45) is 0. The van der Waals surface area contributed by atoms with Gasteiger partial charge in [-0.2, -0.15) is 0 Å². The van der Waals surface area contributed by atoms with Gasteiger partial charge in [-0.15, -0.1) is 11.3 Å². The van der Waals surface area contributed by atoms with Crippen molar-refractivity contribution < 1.29 is 0 Å². The monoisotopic (exact) mass is 276 g/mol. The number of thiocarbonyl (C=S) groups is 1. The van der Waals surface area contributed by atoms with Crippen LogP contribution in [0.3, 0.4) is 0 Å². The van der Waals surface area contributed by atoms with E-state index in [-0.39, 0.29) is 6.04 Å². The molecule has 1 aromatic heterocycles. The summed E-state index contributed by atoms with van der Waals surface area (Å²) < 4.78 is 0. The van der Waals surface area contributed by atoms with Crippen LogP contribution in [0.5, 0.6) is 0 Å². The van der Waals surface area contributed by atoms with E-state index in [4.69, 9.17) is 18.0 Å². The minimum Gasteiger partial charge on any atom is -0.389 e. The highest BCUT2D eigenvalue weighted by Gasteiger charge is 2.12. The molecule has 0 spiro atoms. The molecule has 0 radical (unpaired) electrons. The van der Waals surface area contributed by atoms with Crippen molar-refractivity contribution in [1.29, 1.82) is 0 Å². The van der Waals surface area contributed by atoms with Crippen LogP contribution in [0.2, 0.25) is 0 Å². The fraction of sp³-hybridized carbons (Fsp3) is 0.214. The van der Waals surface area contributed by atoms with Gasteiger partial charge in [-0.1, -0.05) is 30.4 Å². The predicted octanol–water partition coefficient (Wildman–Crippen LogP) is 3.86. The number of anilines is 1. The number of thiophene rings is 1. The minimum absolute atomic E-state index is 0.249. The highest BCUT2D eigenvalue weighted by Crippen LogP contribution is 2.27. The minimum atomic E-state index is 0.249. The van der Waals surface area contributed by atoms with Crippen LogP contribution in [0.15, 0.2) is 35.7 Å². The van der Waals surface area contributed by atoms with Crippen molar-refractivity contribution in [3.05, 3.63) is 51.7 Å². The molecule has 1 heterocycles. The second-order valence-electron chi connectivity index (χ2n) is 4.24. The van der Waals surface area contributed by atoms with E-state index in [2.05, 4.69) is 42.7 Å². The first-order chi connectivity index (χ1) is 8.59. The zero-order valence-electron chi connectivity index (χ0n) is 10.4. The molecular formula is C14H16N2S2. The van der Waals surface area contributed by atoms with E-state index in [1.54, 1.807) is 11.3 Å².